The van der Waals surface area contributed by atoms with Crippen molar-refractivity contribution in [2.75, 3.05) is 19.0 Å². The van der Waals surface area contributed by atoms with Crippen LogP contribution in [0.4, 0.5) is 10.5 Å². The first-order chi connectivity index (χ1) is 9.40. The molecule has 0 fully saturated rings. The molecule has 0 radical (unpaired) electrons. The zero-order valence-electron chi connectivity index (χ0n) is 11.6. The summed E-state index contributed by atoms with van der Waals surface area (Å²) in [4.78, 5) is 24.9. The lowest BCUT2D eigenvalue weighted by molar-refractivity contribution is -0.133. The molecule has 1 aliphatic heterocycles. The molecule has 1 atom stereocenters. The Kier molecular flexibility index (Phi) is 3.65. The summed E-state index contributed by atoms with van der Waals surface area (Å²) in [7, 11) is 3.85. The quantitative estimate of drug-likeness (QED) is 0.780. The zero-order chi connectivity index (χ0) is 14.9. The van der Waals surface area contributed by atoms with Crippen molar-refractivity contribution in [1.82, 2.24) is 10.6 Å². The van der Waals surface area contributed by atoms with Gasteiger partial charge in [0, 0.05) is 25.5 Å². The van der Waals surface area contributed by atoms with E-state index in [1.54, 1.807) is 6.92 Å². The summed E-state index contributed by atoms with van der Waals surface area (Å²) in [6.45, 7) is 1.59. The number of hydrogen-bond donors (Lipinski definition) is 3. The van der Waals surface area contributed by atoms with Crippen LogP contribution in [0.15, 0.2) is 35.5 Å². The summed E-state index contributed by atoms with van der Waals surface area (Å²) in [5.41, 5.74) is 2.26. The van der Waals surface area contributed by atoms with E-state index in [1.165, 1.54) is 0 Å². The summed E-state index contributed by atoms with van der Waals surface area (Å²) in [6, 6.07) is 6.38. The van der Waals surface area contributed by atoms with Crippen molar-refractivity contribution in [3.05, 3.63) is 41.1 Å². The number of carbonyl (C=O) groups excluding carboxylic acids is 1. The number of urea groups is 1. The van der Waals surface area contributed by atoms with Gasteiger partial charge in [-0.05, 0) is 24.6 Å². The Morgan fingerprint density at radius 1 is 1.25 bits per heavy atom. The van der Waals surface area contributed by atoms with Gasteiger partial charge in [0.2, 0.25) is 0 Å². The number of benzene rings is 1. The Hall–Kier alpha value is -2.50. The molecule has 6 nitrogen and oxygen atoms in total. The number of nitrogens with one attached hydrogen (secondary N) is 2. The highest BCUT2D eigenvalue weighted by atomic mass is 16.4. The van der Waals surface area contributed by atoms with Crippen LogP contribution >= 0.6 is 0 Å². The van der Waals surface area contributed by atoms with Crippen LogP contribution in [0.3, 0.4) is 0 Å². The fourth-order valence-electron chi connectivity index (χ4n) is 2.19. The summed E-state index contributed by atoms with van der Waals surface area (Å²) in [5.74, 6) is -1.04. The fraction of sp³-hybridized carbons (Fsp3) is 0.286. The first kappa shape index (κ1) is 13.9. The third-order valence-corrected chi connectivity index (χ3v) is 3.24. The lowest BCUT2D eigenvalue weighted by Gasteiger charge is -2.27. The van der Waals surface area contributed by atoms with Crippen molar-refractivity contribution in [2.45, 2.75) is 13.0 Å². The maximum Gasteiger partial charge on any atom is 0.335 e. The molecule has 0 spiro atoms. The zero-order valence-corrected chi connectivity index (χ0v) is 11.6. The van der Waals surface area contributed by atoms with E-state index in [0.29, 0.717) is 5.70 Å². The highest BCUT2D eigenvalue weighted by molar-refractivity contribution is 5.93. The molecule has 1 aliphatic rings. The van der Waals surface area contributed by atoms with Gasteiger partial charge in [0.1, 0.15) is 0 Å². The smallest absolute Gasteiger partial charge is 0.335 e. The minimum Gasteiger partial charge on any atom is -0.478 e. The van der Waals surface area contributed by atoms with Gasteiger partial charge in [0.15, 0.2) is 0 Å². The summed E-state index contributed by atoms with van der Waals surface area (Å²) >= 11 is 0. The Morgan fingerprint density at radius 3 is 2.35 bits per heavy atom. The fourth-order valence-corrected chi connectivity index (χ4v) is 2.19. The van der Waals surface area contributed by atoms with Crippen molar-refractivity contribution in [1.29, 1.82) is 0 Å². The molecule has 0 aliphatic carbocycles. The molecule has 0 unspecified atom stereocenters. The number of nitrogens with zero attached hydrogens (tertiary/aromatic N) is 1. The molecular weight excluding hydrogens is 258 g/mol. The standard InChI is InChI=1S/C14H17N3O3/c1-8-11(13(18)19)12(16-14(20)15-8)9-4-6-10(7-5-9)17(2)3/h4-7,12H,1-3H3,(H,18,19)(H2,15,16,20)/t12-/m0/s1. The SMILES string of the molecule is CC1=C(C(=O)O)[C@H](c2ccc(N(C)C)cc2)NC(=O)N1. The van der Waals surface area contributed by atoms with Crippen molar-refractivity contribution in [3.8, 4) is 0 Å². The molecule has 0 aromatic heterocycles. The minimum absolute atomic E-state index is 0.155. The van der Waals surface area contributed by atoms with Crippen LogP contribution in [-0.2, 0) is 4.79 Å². The Balaban J connectivity index is 2.41. The highest BCUT2D eigenvalue weighted by Crippen LogP contribution is 2.27. The maximum absolute atomic E-state index is 11.5. The van der Waals surface area contributed by atoms with Crippen LogP contribution in [0, 0.1) is 0 Å². The Bertz CT molecular complexity index is 576. The van der Waals surface area contributed by atoms with Gasteiger partial charge in [-0.1, -0.05) is 12.1 Å². The van der Waals surface area contributed by atoms with E-state index in [9.17, 15) is 14.7 Å². The maximum atomic E-state index is 11.5. The Labute approximate surface area is 117 Å². The molecule has 6 heteroatoms. The van der Waals surface area contributed by atoms with Gasteiger partial charge in [-0.2, -0.15) is 0 Å². The van der Waals surface area contributed by atoms with E-state index in [2.05, 4.69) is 10.6 Å². The van der Waals surface area contributed by atoms with Crippen LogP contribution in [0.25, 0.3) is 0 Å². The van der Waals surface area contributed by atoms with Gasteiger partial charge in [-0.25, -0.2) is 9.59 Å². The molecule has 0 saturated heterocycles. The van der Waals surface area contributed by atoms with Crippen molar-refractivity contribution in [3.63, 3.8) is 0 Å². The molecule has 2 rings (SSSR count). The van der Waals surface area contributed by atoms with E-state index >= 15 is 0 Å². The van der Waals surface area contributed by atoms with E-state index < -0.39 is 18.0 Å². The number of amides is 2. The number of carboxylic acid groups (broad SMARTS) is 1. The molecule has 0 bridgehead atoms. The lowest BCUT2D eigenvalue weighted by atomic mass is 9.95. The van der Waals surface area contributed by atoms with E-state index in [4.69, 9.17) is 0 Å². The number of carbonyl (C=O) groups is 2. The number of rotatable bonds is 3. The number of hydrogen-bond acceptors (Lipinski definition) is 3. The van der Waals surface area contributed by atoms with Crippen molar-refractivity contribution < 1.29 is 14.7 Å². The second-order valence-corrected chi connectivity index (χ2v) is 4.86. The predicted octanol–water partition coefficient (Wildman–Crippen LogP) is 1.47. The summed E-state index contributed by atoms with van der Waals surface area (Å²) in [5, 5.41) is 14.4. The van der Waals surface area contributed by atoms with Crippen molar-refractivity contribution in [2.24, 2.45) is 0 Å². The first-order valence-electron chi connectivity index (χ1n) is 6.19. The molecular formula is C14H17N3O3. The monoisotopic (exact) mass is 275 g/mol. The molecule has 3 N–H and O–H groups in total. The highest BCUT2D eigenvalue weighted by Gasteiger charge is 2.30. The Morgan fingerprint density at radius 2 is 1.85 bits per heavy atom. The number of carboxylic acids is 1. The lowest BCUT2D eigenvalue weighted by Crippen LogP contribution is -2.45. The van der Waals surface area contributed by atoms with Crippen molar-refractivity contribution >= 4 is 17.7 Å². The van der Waals surface area contributed by atoms with Gasteiger partial charge < -0.3 is 20.6 Å². The average Bonchev–Trinajstić information content (AvgIpc) is 2.37. The van der Waals surface area contributed by atoms with Crippen LogP contribution in [0.1, 0.15) is 18.5 Å². The molecule has 0 saturated carbocycles. The van der Waals surface area contributed by atoms with Gasteiger partial charge in [-0.15, -0.1) is 0 Å². The van der Waals surface area contributed by atoms with Gasteiger partial charge in [0.05, 0.1) is 11.6 Å². The predicted molar refractivity (Wildman–Crippen MR) is 75.5 cm³/mol. The molecule has 1 aromatic rings. The van der Waals surface area contributed by atoms with Crippen LogP contribution in [0.2, 0.25) is 0 Å². The second-order valence-electron chi connectivity index (χ2n) is 4.86. The minimum atomic E-state index is -1.04. The summed E-state index contributed by atoms with van der Waals surface area (Å²) < 4.78 is 0. The van der Waals surface area contributed by atoms with E-state index in [1.807, 2.05) is 43.3 Å². The molecule has 106 valence electrons. The topological polar surface area (TPSA) is 81.7 Å². The first-order valence-corrected chi connectivity index (χ1v) is 6.19. The average molecular weight is 275 g/mol. The second kappa shape index (κ2) is 5.24. The van der Waals surface area contributed by atoms with Gasteiger partial charge >= 0.3 is 12.0 Å². The van der Waals surface area contributed by atoms with E-state index in [0.717, 1.165) is 11.3 Å². The van der Waals surface area contributed by atoms with Gasteiger partial charge in [0.25, 0.3) is 0 Å². The summed E-state index contributed by atoms with van der Waals surface area (Å²) in [6.07, 6.45) is 0. The molecule has 1 heterocycles. The normalized spacial score (nSPS) is 18.4. The molecule has 1 aromatic carbocycles. The third kappa shape index (κ3) is 2.59. The van der Waals surface area contributed by atoms with Crippen LogP contribution in [0.5, 0.6) is 0 Å². The number of allylic oxidation sites excluding steroid dienone is 1. The number of aliphatic carboxylic acids is 1. The number of anilines is 1. The molecule has 20 heavy (non-hydrogen) atoms. The van der Waals surface area contributed by atoms with Gasteiger partial charge in [-0.3, -0.25) is 0 Å². The largest absolute Gasteiger partial charge is 0.478 e. The third-order valence-electron chi connectivity index (χ3n) is 3.24. The van der Waals surface area contributed by atoms with Crippen LogP contribution < -0.4 is 15.5 Å². The van der Waals surface area contributed by atoms with E-state index in [-0.39, 0.29) is 5.57 Å². The molecule has 2 amide bonds. The van der Waals surface area contributed by atoms with Crippen LogP contribution in [-0.4, -0.2) is 31.2 Å².